The van der Waals surface area contributed by atoms with Crippen molar-refractivity contribution >= 4 is 22.6 Å². The summed E-state index contributed by atoms with van der Waals surface area (Å²) in [6.45, 7) is 1.81. The number of hydrogen-bond acceptors (Lipinski definition) is 5. The highest BCUT2D eigenvalue weighted by Gasteiger charge is 2.12. The summed E-state index contributed by atoms with van der Waals surface area (Å²) >= 11 is 0. The largest absolute Gasteiger partial charge is 0.361 e. The van der Waals surface area contributed by atoms with Crippen LogP contribution in [-0.4, -0.2) is 26.1 Å². The van der Waals surface area contributed by atoms with Crippen LogP contribution in [0.25, 0.3) is 11.0 Å². The number of rotatable bonds is 3. The number of nitrogens with zero attached hydrogens (tertiary/aromatic N) is 4. The van der Waals surface area contributed by atoms with E-state index < -0.39 is 0 Å². The second kappa shape index (κ2) is 4.76. The Kier molecular flexibility index (Phi) is 2.94. The van der Waals surface area contributed by atoms with Gasteiger partial charge in [0.2, 0.25) is 5.91 Å². The molecule has 0 spiro atoms. The normalized spacial score (nSPS) is 10.9. The van der Waals surface area contributed by atoms with Gasteiger partial charge in [-0.1, -0.05) is 11.2 Å². The van der Waals surface area contributed by atoms with E-state index in [1.807, 2.05) is 19.1 Å². The first-order valence-electron chi connectivity index (χ1n) is 6.14. The van der Waals surface area contributed by atoms with Gasteiger partial charge in [0.15, 0.2) is 0 Å². The minimum atomic E-state index is -0.181. The van der Waals surface area contributed by atoms with Crippen LogP contribution in [0.4, 0.5) is 5.69 Å². The van der Waals surface area contributed by atoms with Crippen molar-refractivity contribution < 1.29 is 9.32 Å². The average molecular weight is 271 g/mol. The Hall–Kier alpha value is -2.70. The van der Waals surface area contributed by atoms with Crippen molar-refractivity contribution in [2.75, 3.05) is 5.32 Å². The minimum Gasteiger partial charge on any atom is -0.361 e. The Morgan fingerprint density at radius 1 is 1.40 bits per heavy atom. The van der Waals surface area contributed by atoms with Crippen molar-refractivity contribution in [1.82, 2.24) is 20.2 Å². The third-order valence-corrected chi connectivity index (χ3v) is 2.80. The molecule has 3 aromatic rings. The molecule has 0 saturated carbocycles. The number of carbonyl (C=O) groups excluding carboxylic acids is 1. The molecule has 2 heterocycles. The van der Waals surface area contributed by atoms with Gasteiger partial charge < -0.3 is 9.84 Å². The van der Waals surface area contributed by atoms with Gasteiger partial charge in [0.25, 0.3) is 0 Å². The molecule has 2 aromatic heterocycles. The number of amides is 1. The van der Waals surface area contributed by atoms with Gasteiger partial charge in [-0.25, -0.2) is 0 Å². The van der Waals surface area contributed by atoms with E-state index in [1.165, 1.54) is 4.80 Å². The van der Waals surface area contributed by atoms with Crippen LogP contribution in [0.3, 0.4) is 0 Å². The number of anilines is 1. The van der Waals surface area contributed by atoms with E-state index in [2.05, 4.69) is 20.7 Å². The number of aromatic nitrogens is 4. The third kappa shape index (κ3) is 2.37. The molecule has 1 aromatic carbocycles. The maximum absolute atomic E-state index is 12.0. The summed E-state index contributed by atoms with van der Waals surface area (Å²) in [7, 11) is 1.74. The fourth-order valence-corrected chi connectivity index (χ4v) is 1.99. The molecule has 7 heteroatoms. The number of nitrogens with one attached hydrogen (secondary N) is 1. The monoisotopic (exact) mass is 271 g/mol. The van der Waals surface area contributed by atoms with E-state index in [4.69, 9.17) is 4.52 Å². The molecular weight excluding hydrogens is 258 g/mol. The number of benzene rings is 1. The van der Waals surface area contributed by atoms with Crippen molar-refractivity contribution in [1.29, 1.82) is 0 Å². The molecule has 0 fully saturated rings. The first-order chi connectivity index (χ1) is 9.61. The lowest BCUT2D eigenvalue weighted by Crippen LogP contribution is -2.14. The summed E-state index contributed by atoms with van der Waals surface area (Å²) in [4.78, 5) is 13.5. The molecule has 0 aliphatic heterocycles. The van der Waals surface area contributed by atoms with Gasteiger partial charge in [-0.2, -0.15) is 15.0 Å². The predicted molar refractivity (Wildman–Crippen MR) is 72.1 cm³/mol. The van der Waals surface area contributed by atoms with E-state index in [0.717, 1.165) is 11.2 Å². The van der Waals surface area contributed by atoms with Crippen LogP contribution in [0, 0.1) is 6.92 Å². The van der Waals surface area contributed by atoms with Crippen LogP contribution in [-0.2, 0) is 18.3 Å². The first-order valence-corrected chi connectivity index (χ1v) is 6.14. The summed E-state index contributed by atoms with van der Waals surface area (Å²) < 4.78 is 5.02. The Bertz CT molecular complexity index is 774. The van der Waals surface area contributed by atoms with Crippen molar-refractivity contribution in [3.63, 3.8) is 0 Å². The maximum atomic E-state index is 12.0. The van der Waals surface area contributed by atoms with E-state index in [0.29, 0.717) is 17.0 Å². The molecule has 0 saturated heterocycles. The number of carbonyl (C=O) groups is 1. The number of fused-ring (bicyclic) bond motifs is 1. The second-order valence-corrected chi connectivity index (χ2v) is 4.52. The van der Waals surface area contributed by atoms with Crippen LogP contribution < -0.4 is 5.32 Å². The summed E-state index contributed by atoms with van der Waals surface area (Å²) in [5.41, 5.74) is 2.79. The molecule has 0 aliphatic rings. The number of aryl methyl sites for hydroxylation is 2. The fourth-order valence-electron chi connectivity index (χ4n) is 1.99. The molecular formula is C13H13N5O2. The zero-order valence-electron chi connectivity index (χ0n) is 11.1. The predicted octanol–water partition coefficient (Wildman–Crippen LogP) is 1.45. The lowest BCUT2D eigenvalue weighted by molar-refractivity contribution is -0.115. The molecule has 20 heavy (non-hydrogen) atoms. The molecule has 1 N–H and O–H groups in total. The maximum Gasteiger partial charge on any atom is 0.232 e. The highest BCUT2D eigenvalue weighted by atomic mass is 16.5. The van der Waals surface area contributed by atoms with E-state index in [9.17, 15) is 4.79 Å². The Morgan fingerprint density at radius 2 is 2.25 bits per heavy atom. The van der Waals surface area contributed by atoms with Crippen molar-refractivity contribution in [2.24, 2.45) is 7.05 Å². The lowest BCUT2D eigenvalue weighted by Gasteiger charge is -2.03. The van der Waals surface area contributed by atoms with Crippen molar-refractivity contribution in [3.8, 4) is 0 Å². The molecule has 0 bridgehead atoms. The third-order valence-electron chi connectivity index (χ3n) is 2.80. The molecule has 0 aliphatic carbocycles. The van der Waals surface area contributed by atoms with Crippen molar-refractivity contribution in [2.45, 2.75) is 13.3 Å². The lowest BCUT2D eigenvalue weighted by atomic mass is 10.2. The van der Waals surface area contributed by atoms with Crippen LogP contribution in [0.2, 0.25) is 0 Å². The quantitative estimate of drug-likeness (QED) is 0.779. The van der Waals surface area contributed by atoms with Crippen LogP contribution in [0.1, 0.15) is 11.5 Å². The number of hydrogen-bond donors (Lipinski definition) is 1. The van der Waals surface area contributed by atoms with Gasteiger partial charge in [-0.3, -0.25) is 4.79 Å². The van der Waals surface area contributed by atoms with Gasteiger partial charge in [0.05, 0.1) is 17.8 Å². The molecule has 102 valence electrons. The second-order valence-electron chi connectivity index (χ2n) is 4.52. The highest BCUT2D eigenvalue weighted by Crippen LogP contribution is 2.19. The van der Waals surface area contributed by atoms with Gasteiger partial charge in [-0.15, -0.1) is 0 Å². The van der Waals surface area contributed by atoms with Gasteiger partial charge in [-0.05, 0) is 19.1 Å². The molecule has 7 nitrogen and oxygen atoms in total. The van der Waals surface area contributed by atoms with Gasteiger partial charge >= 0.3 is 0 Å². The van der Waals surface area contributed by atoms with Crippen LogP contribution in [0.15, 0.2) is 28.8 Å². The first kappa shape index (κ1) is 12.3. The minimum absolute atomic E-state index is 0.136. The molecule has 0 unspecified atom stereocenters. The van der Waals surface area contributed by atoms with Crippen LogP contribution >= 0.6 is 0 Å². The molecule has 0 radical (unpaired) electrons. The summed E-state index contributed by atoms with van der Waals surface area (Å²) in [6, 6.07) is 7.20. The van der Waals surface area contributed by atoms with Gasteiger partial charge in [0.1, 0.15) is 16.8 Å². The average Bonchev–Trinajstić information content (AvgIpc) is 2.95. The van der Waals surface area contributed by atoms with Crippen molar-refractivity contribution in [3.05, 3.63) is 35.7 Å². The van der Waals surface area contributed by atoms with Crippen LogP contribution in [0.5, 0.6) is 0 Å². The summed E-state index contributed by atoms with van der Waals surface area (Å²) in [6.07, 6.45) is 0.136. The summed E-state index contributed by atoms with van der Waals surface area (Å²) in [5, 5.41) is 15.0. The molecule has 0 atom stereocenters. The summed E-state index contributed by atoms with van der Waals surface area (Å²) in [5.74, 6) is 0.352. The zero-order valence-corrected chi connectivity index (χ0v) is 11.1. The van der Waals surface area contributed by atoms with Gasteiger partial charge in [0, 0.05) is 13.1 Å². The smallest absolute Gasteiger partial charge is 0.232 e. The zero-order chi connectivity index (χ0) is 14.1. The Morgan fingerprint density at radius 3 is 3.00 bits per heavy atom. The molecule has 1 amide bonds. The van der Waals surface area contributed by atoms with E-state index in [1.54, 1.807) is 19.2 Å². The van der Waals surface area contributed by atoms with E-state index >= 15 is 0 Å². The molecule has 3 rings (SSSR count). The highest BCUT2D eigenvalue weighted by molar-refractivity contribution is 5.99. The fraction of sp³-hybridized carbons (Fsp3) is 0.231. The topological polar surface area (TPSA) is 85.8 Å². The van der Waals surface area contributed by atoms with E-state index in [-0.39, 0.29) is 12.3 Å². The Balaban J connectivity index is 1.80. The standard InChI is InChI=1S/C13H13N5O2/c1-8-6-9(20-17-8)7-12(19)14-10-4-3-5-11-13(10)16-18(2)15-11/h3-6H,7H2,1-2H3,(H,14,19). The SMILES string of the molecule is Cc1cc(CC(=O)Nc2cccc3nn(C)nc23)on1. The Labute approximate surface area is 114 Å².